The van der Waals surface area contributed by atoms with Gasteiger partial charge in [0.1, 0.15) is 11.6 Å². The Labute approximate surface area is 103 Å². The van der Waals surface area contributed by atoms with E-state index in [9.17, 15) is 4.79 Å². The third kappa shape index (κ3) is 2.47. The Morgan fingerprint density at radius 1 is 1.39 bits per heavy atom. The van der Waals surface area contributed by atoms with E-state index in [1.807, 2.05) is 30.3 Å². The summed E-state index contributed by atoms with van der Waals surface area (Å²) in [5.41, 5.74) is 1.58. The standard InChI is InChI=1S/C14H10N2O2/c15-9-11(14(17)18)5-3-6-12-8-10-4-1-2-7-13(10)16-12/h1-8,16H,(H,17,18). The molecular formula is C14H10N2O2. The van der Waals surface area contributed by atoms with Crippen molar-refractivity contribution in [2.24, 2.45) is 0 Å². The highest BCUT2D eigenvalue weighted by Crippen LogP contribution is 2.15. The molecule has 4 nitrogen and oxygen atoms in total. The van der Waals surface area contributed by atoms with Gasteiger partial charge in [-0.1, -0.05) is 24.3 Å². The summed E-state index contributed by atoms with van der Waals surface area (Å²) in [5.74, 6) is -1.22. The van der Waals surface area contributed by atoms with Crippen LogP contribution in [-0.4, -0.2) is 16.1 Å². The monoisotopic (exact) mass is 238 g/mol. The zero-order valence-electron chi connectivity index (χ0n) is 9.42. The van der Waals surface area contributed by atoms with E-state index < -0.39 is 5.97 Å². The van der Waals surface area contributed by atoms with Crippen LogP contribution in [0.4, 0.5) is 0 Å². The number of aromatic nitrogens is 1. The summed E-state index contributed by atoms with van der Waals surface area (Å²) < 4.78 is 0. The summed E-state index contributed by atoms with van der Waals surface area (Å²) in [4.78, 5) is 13.8. The van der Waals surface area contributed by atoms with Gasteiger partial charge >= 0.3 is 5.97 Å². The van der Waals surface area contributed by atoms with Crippen molar-refractivity contribution in [3.05, 3.63) is 53.8 Å². The van der Waals surface area contributed by atoms with Gasteiger partial charge in [-0.3, -0.25) is 0 Å². The van der Waals surface area contributed by atoms with Crippen molar-refractivity contribution in [3.63, 3.8) is 0 Å². The number of para-hydroxylation sites is 1. The second kappa shape index (κ2) is 5.02. The quantitative estimate of drug-likeness (QED) is 0.490. The Balaban J connectivity index is 2.24. The van der Waals surface area contributed by atoms with Gasteiger partial charge in [-0.15, -0.1) is 0 Å². The maximum atomic E-state index is 10.6. The smallest absolute Gasteiger partial charge is 0.346 e. The number of carboxylic acid groups (broad SMARTS) is 1. The second-order valence-electron chi connectivity index (χ2n) is 3.67. The van der Waals surface area contributed by atoms with Gasteiger partial charge < -0.3 is 10.1 Å². The van der Waals surface area contributed by atoms with E-state index in [0.29, 0.717) is 0 Å². The molecule has 0 radical (unpaired) electrons. The zero-order valence-corrected chi connectivity index (χ0v) is 9.42. The number of carboxylic acids is 1. The van der Waals surface area contributed by atoms with Crippen LogP contribution in [-0.2, 0) is 4.79 Å². The van der Waals surface area contributed by atoms with E-state index >= 15 is 0 Å². The molecule has 0 spiro atoms. The number of carbonyl (C=O) groups is 1. The molecule has 2 rings (SSSR count). The van der Waals surface area contributed by atoms with Gasteiger partial charge in [-0.25, -0.2) is 4.79 Å². The zero-order chi connectivity index (χ0) is 13.0. The van der Waals surface area contributed by atoms with Crippen LogP contribution in [0.2, 0.25) is 0 Å². The second-order valence-corrected chi connectivity index (χ2v) is 3.67. The van der Waals surface area contributed by atoms with Gasteiger partial charge in [-0.05, 0) is 29.7 Å². The fraction of sp³-hybridized carbons (Fsp3) is 0. The molecule has 1 heterocycles. The first-order valence-electron chi connectivity index (χ1n) is 5.30. The molecule has 0 bridgehead atoms. The van der Waals surface area contributed by atoms with Gasteiger partial charge in [0.25, 0.3) is 0 Å². The molecular weight excluding hydrogens is 228 g/mol. The highest BCUT2D eigenvalue weighted by molar-refractivity contribution is 5.91. The number of hydrogen-bond acceptors (Lipinski definition) is 2. The number of nitrogens with zero attached hydrogens (tertiary/aromatic N) is 1. The number of H-pyrrole nitrogens is 1. The van der Waals surface area contributed by atoms with Crippen LogP contribution in [0.5, 0.6) is 0 Å². The van der Waals surface area contributed by atoms with Crippen LogP contribution in [0.3, 0.4) is 0 Å². The maximum Gasteiger partial charge on any atom is 0.346 e. The van der Waals surface area contributed by atoms with E-state index in [-0.39, 0.29) is 5.57 Å². The van der Waals surface area contributed by atoms with Gasteiger partial charge in [0.05, 0.1) is 0 Å². The summed E-state index contributed by atoms with van der Waals surface area (Å²) in [5, 5.41) is 18.3. The highest BCUT2D eigenvalue weighted by Gasteiger charge is 2.02. The van der Waals surface area contributed by atoms with Crippen LogP contribution in [0.15, 0.2) is 48.1 Å². The molecule has 2 aromatic rings. The molecule has 0 saturated carbocycles. The van der Waals surface area contributed by atoms with Crippen LogP contribution >= 0.6 is 0 Å². The molecule has 1 aromatic carbocycles. The highest BCUT2D eigenvalue weighted by atomic mass is 16.4. The predicted octanol–water partition coefficient (Wildman–Crippen LogP) is 2.72. The molecule has 0 unspecified atom stereocenters. The Kier molecular flexibility index (Phi) is 3.26. The van der Waals surface area contributed by atoms with Crippen LogP contribution < -0.4 is 0 Å². The van der Waals surface area contributed by atoms with Crippen molar-refractivity contribution in [2.75, 3.05) is 0 Å². The lowest BCUT2D eigenvalue weighted by atomic mass is 10.2. The number of nitriles is 1. The third-order valence-corrected chi connectivity index (χ3v) is 2.44. The molecule has 0 saturated heterocycles. The van der Waals surface area contributed by atoms with Gasteiger partial charge in [0.2, 0.25) is 0 Å². The normalized spacial score (nSPS) is 11.8. The topological polar surface area (TPSA) is 76.9 Å². The lowest BCUT2D eigenvalue weighted by Crippen LogP contribution is -1.96. The summed E-state index contributed by atoms with van der Waals surface area (Å²) in [6, 6.07) is 11.4. The average Bonchev–Trinajstić information content (AvgIpc) is 2.76. The molecule has 0 amide bonds. The molecule has 1 aromatic heterocycles. The van der Waals surface area contributed by atoms with Gasteiger partial charge in [-0.2, -0.15) is 5.26 Å². The summed E-state index contributed by atoms with van der Waals surface area (Å²) in [7, 11) is 0. The summed E-state index contributed by atoms with van der Waals surface area (Å²) >= 11 is 0. The molecule has 0 atom stereocenters. The predicted molar refractivity (Wildman–Crippen MR) is 68.7 cm³/mol. The molecule has 88 valence electrons. The summed E-state index contributed by atoms with van der Waals surface area (Å²) in [6.45, 7) is 0. The first kappa shape index (κ1) is 11.7. The van der Waals surface area contributed by atoms with Crippen LogP contribution in [0.1, 0.15) is 5.69 Å². The number of aromatic amines is 1. The maximum absolute atomic E-state index is 10.6. The van der Waals surface area contributed by atoms with E-state index in [1.165, 1.54) is 12.2 Å². The molecule has 4 heteroatoms. The van der Waals surface area contributed by atoms with E-state index in [2.05, 4.69) is 4.98 Å². The minimum absolute atomic E-state index is 0.289. The first-order valence-corrected chi connectivity index (χ1v) is 5.30. The van der Waals surface area contributed by atoms with Crippen LogP contribution in [0, 0.1) is 11.3 Å². The number of nitrogens with one attached hydrogen (secondary N) is 1. The molecule has 0 aliphatic heterocycles. The van der Waals surface area contributed by atoms with Gasteiger partial charge in [0.15, 0.2) is 0 Å². The average molecular weight is 238 g/mol. The SMILES string of the molecule is N#CC(=CC=Cc1cc2ccccc2[nH]1)C(=O)O. The number of fused-ring (bicyclic) bond motifs is 1. The van der Waals surface area contributed by atoms with Crippen LogP contribution in [0.25, 0.3) is 17.0 Å². The van der Waals surface area contributed by atoms with Crippen molar-refractivity contribution in [1.29, 1.82) is 5.26 Å². The number of rotatable bonds is 3. The Hall–Kier alpha value is -2.80. The van der Waals surface area contributed by atoms with Crippen molar-refractivity contribution in [1.82, 2.24) is 4.98 Å². The fourth-order valence-corrected chi connectivity index (χ4v) is 1.59. The lowest BCUT2D eigenvalue weighted by molar-refractivity contribution is -0.132. The largest absolute Gasteiger partial charge is 0.477 e. The fourth-order valence-electron chi connectivity index (χ4n) is 1.59. The minimum Gasteiger partial charge on any atom is -0.477 e. The molecule has 2 N–H and O–H groups in total. The van der Waals surface area contributed by atoms with Gasteiger partial charge in [0, 0.05) is 11.2 Å². The third-order valence-electron chi connectivity index (χ3n) is 2.44. The Bertz CT molecular complexity index is 654. The van der Waals surface area contributed by atoms with E-state index in [0.717, 1.165) is 16.6 Å². The molecule has 0 aliphatic carbocycles. The van der Waals surface area contributed by atoms with Crippen molar-refractivity contribution in [2.45, 2.75) is 0 Å². The van der Waals surface area contributed by atoms with E-state index in [1.54, 1.807) is 12.1 Å². The number of aliphatic carboxylic acids is 1. The number of hydrogen-bond donors (Lipinski definition) is 2. The van der Waals surface area contributed by atoms with Crippen molar-refractivity contribution >= 4 is 22.9 Å². The summed E-state index contributed by atoms with van der Waals surface area (Å²) in [6.07, 6.45) is 4.53. The molecule has 18 heavy (non-hydrogen) atoms. The Morgan fingerprint density at radius 2 is 2.17 bits per heavy atom. The van der Waals surface area contributed by atoms with Crippen molar-refractivity contribution < 1.29 is 9.90 Å². The Morgan fingerprint density at radius 3 is 2.83 bits per heavy atom. The van der Waals surface area contributed by atoms with E-state index in [4.69, 9.17) is 10.4 Å². The number of allylic oxidation sites excluding steroid dienone is 2. The minimum atomic E-state index is -1.22. The molecule has 0 aliphatic rings. The number of benzene rings is 1. The lowest BCUT2D eigenvalue weighted by Gasteiger charge is -1.86. The first-order chi connectivity index (χ1) is 8.70. The molecule has 0 fully saturated rings. The van der Waals surface area contributed by atoms with Crippen molar-refractivity contribution in [3.8, 4) is 6.07 Å².